The van der Waals surface area contributed by atoms with Gasteiger partial charge >= 0.3 is 0 Å². The van der Waals surface area contributed by atoms with Crippen molar-refractivity contribution in [1.82, 2.24) is 20.0 Å². The van der Waals surface area contributed by atoms with Crippen LogP contribution < -0.4 is 10.2 Å². The summed E-state index contributed by atoms with van der Waals surface area (Å²) in [4.78, 5) is 15.1. The third-order valence-electron chi connectivity index (χ3n) is 5.58. The molecule has 1 fully saturated rings. The first-order valence-corrected chi connectivity index (χ1v) is 10.8. The minimum Gasteiger partial charge on any atom is -0.378 e. The van der Waals surface area contributed by atoms with Crippen molar-refractivity contribution < 1.29 is 9.53 Å². The van der Waals surface area contributed by atoms with Gasteiger partial charge in [-0.25, -0.2) is 0 Å². The second-order valence-corrected chi connectivity index (χ2v) is 7.82. The summed E-state index contributed by atoms with van der Waals surface area (Å²) < 4.78 is 6.99. The molecule has 1 aliphatic rings. The molecular formula is C25H24N6O2. The SMILES string of the molecule is Cn1nc(-c2ccccc2)cc1C(=O)Nc1cccc(-c2ccc(N3CCOCC3)nn2)c1. The zero-order valence-corrected chi connectivity index (χ0v) is 18.3. The Morgan fingerprint density at radius 2 is 1.67 bits per heavy atom. The van der Waals surface area contributed by atoms with Crippen LogP contribution in [0.1, 0.15) is 10.5 Å². The van der Waals surface area contributed by atoms with Gasteiger partial charge in [0.2, 0.25) is 0 Å². The lowest BCUT2D eigenvalue weighted by molar-refractivity contribution is 0.101. The lowest BCUT2D eigenvalue weighted by atomic mass is 10.1. The number of carbonyl (C=O) groups excluding carboxylic acids is 1. The van der Waals surface area contributed by atoms with Gasteiger partial charge in [0.1, 0.15) is 5.69 Å². The number of benzene rings is 2. The standard InChI is InChI=1S/C25H24N6O2/c1-30-23(17-22(29-30)18-6-3-2-4-7-18)25(32)26-20-9-5-8-19(16-20)21-10-11-24(28-27-21)31-12-14-33-15-13-31/h2-11,16-17H,12-15H2,1H3,(H,26,32). The molecule has 5 rings (SSSR count). The third kappa shape index (κ3) is 4.61. The highest BCUT2D eigenvalue weighted by Crippen LogP contribution is 2.23. The molecule has 0 saturated carbocycles. The monoisotopic (exact) mass is 440 g/mol. The van der Waals surface area contributed by atoms with Crippen LogP contribution in [-0.2, 0) is 11.8 Å². The highest BCUT2D eigenvalue weighted by molar-refractivity contribution is 6.04. The van der Waals surface area contributed by atoms with Crippen LogP contribution in [0.15, 0.2) is 72.8 Å². The van der Waals surface area contributed by atoms with Gasteiger partial charge < -0.3 is 15.0 Å². The first kappa shape index (κ1) is 20.8. The number of aryl methyl sites for hydroxylation is 1. The summed E-state index contributed by atoms with van der Waals surface area (Å²) in [7, 11) is 1.77. The van der Waals surface area contributed by atoms with Crippen LogP contribution in [0.2, 0.25) is 0 Å². The summed E-state index contributed by atoms with van der Waals surface area (Å²) in [5.74, 6) is 0.620. The molecule has 2 aromatic heterocycles. The summed E-state index contributed by atoms with van der Waals surface area (Å²) in [6.45, 7) is 3.04. The van der Waals surface area contributed by atoms with Gasteiger partial charge in [0.15, 0.2) is 5.82 Å². The number of nitrogens with one attached hydrogen (secondary N) is 1. The van der Waals surface area contributed by atoms with E-state index < -0.39 is 0 Å². The van der Waals surface area contributed by atoms with E-state index in [4.69, 9.17) is 4.74 Å². The van der Waals surface area contributed by atoms with E-state index in [1.165, 1.54) is 0 Å². The van der Waals surface area contributed by atoms with Crippen molar-refractivity contribution >= 4 is 17.4 Å². The van der Waals surface area contributed by atoms with Crippen LogP contribution in [0.4, 0.5) is 11.5 Å². The molecule has 8 nitrogen and oxygen atoms in total. The molecule has 166 valence electrons. The van der Waals surface area contributed by atoms with E-state index in [0.717, 1.165) is 41.4 Å². The molecule has 33 heavy (non-hydrogen) atoms. The van der Waals surface area contributed by atoms with E-state index in [1.807, 2.05) is 66.7 Å². The molecule has 1 N–H and O–H groups in total. The van der Waals surface area contributed by atoms with Crippen molar-refractivity contribution in [1.29, 1.82) is 0 Å². The van der Waals surface area contributed by atoms with Crippen molar-refractivity contribution in [3.8, 4) is 22.5 Å². The minimum absolute atomic E-state index is 0.224. The Labute approximate surface area is 191 Å². The van der Waals surface area contributed by atoms with Crippen LogP contribution >= 0.6 is 0 Å². The number of hydrogen-bond donors (Lipinski definition) is 1. The molecule has 2 aromatic carbocycles. The lowest BCUT2D eigenvalue weighted by Crippen LogP contribution is -2.36. The molecule has 0 unspecified atom stereocenters. The van der Waals surface area contributed by atoms with Crippen LogP contribution in [0.25, 0.3) is 22.5 Å². The van der Waals surface area contributed by atoms with Crippen molar-refractivity contribution in [3.63, 3.8) is 0 Å². The predicted molar refractivity (Wildman–Crippen MR) is 127 cm³/mol. The Kier molecular flexibility index (Phi) is 5.82. The Hall–Kier alpha value is -4.04. The molecule has 3 heterocycles. The van der Waals surface area contributed by atoms with Crippen molar-refractivity contribution in [2.45, 2.75) is 0 Å². The Balaban J connectivity index is 1.32. The van der Waals surface area contributed by atoms with Crippen LogP contribution in [-0.4, -0.2) is 52.2 Å². The van der Waals surface area contributed by atoms with E-state index in [1.54, 1.807) is 17.8 Å². The minimum atomic E-state index is -0.224. The summed E-state index contributed by atoms with van der Waals surface area (Å²) >= 11 is 0. The summed E-state index contributed by atoms with van der Waals surface area (Å²) in [6, 6.07) is 23.1. The summed E-state index contributed by atoms with van der Waals surface area (Å²) in [6.07, 6.45) is 0. The number of amides is 1. The van der Waals surface area contributed by atoms with E-state index in [9.17, 15) is 4.79 Å². The van der Waals surface area contributed by atoms with Gasteiger partial charge in [-0.1, -0.05) is 42.5 Å². The molecule has 1 aliphatic heterocycles. The quantitative estimate of drug-likeness (QED) is 0.510. The molecule has 4 aromatic rings. The number of aromatic nitrogens is 4. The van der Waals surface area contributed by atoms with Gasteiger partial charge in [0, 0.05) is 37.0 Å². The van der Waals surface area contributed by atoms with Gasteiger partial charge in [-0.15, -0.1) is 10.2 Å². The molecular weight excluding hydrogens is 416 g/mol. The summed E-state index contributed by atoms with van der Waals surface area (Å²) in [5.41, 5.74) is 4.51. The highest BCUT2D eigenvalue weighted by atomic mass is 16.5. The number of morpholine rings is 1. The zero-order chi connectivity index (χ0) is 22.6. The van der Waals surface area contributed by atoms with Gasteiger partial charge in [-0.05, 0) is 30.3 Å². The Bertz CT molecular complexity index is 1250. The van der Waals surface area contributed by atoms with Crippen molar-refractivity contribution in [2.75, 3.05) is 36.5 Å². The normalized spacial score (nSPS) is 13.7. The van der Waals surface area contributed by atoms with Gasteiger partial charge in [0.25, 0.3) is 5.91 Å². The topological polar surface area (TPSA) is 85.2 Å². The number of rotatable bonds is 5. The lowest BCUT2D eigenvalue weighted by Gasteiger charge is -2.27. The number of anilines is 2. The van der Waals surface area contributed by atoms with Crippen LogP contribution in [0, 0.1) is 0 Å². The van der Waals surface area contributed by atoms with E-state index >= 15 is 0 Å². The first-order valence-electron chi connectivity index (χ1n) is 10.8. The summed E-state index contributed by atoms with van der Waals surface area (Å²) in [5, 5.41) is 16.2. The molecule has 1 saturated heterocycles. The second-order valence-electron chi connectivity index (χ2n) is 7.82. The molecule has 0 radical (unpaired) electrons. The fraction of sp³-hybridized carbons (Fsp3) is 0.200. The van der Waals surface area contributed by atoms with Gasteiger partial charge in [-0.3, -0.25) is 9.48 Å². The molecule has 8 heteroatoms. The Morgan fingerprint density at radius 1 is 0.879 bits per heavy atom. The molecule has 0 atom stereocenters. The first-order chi connectivity index (χ1) is 16.2. The highest BCUT2D eigenvalue weighted by Gasteiger charge is 2.16. The second kappa shape index (κ2) is 9.22. The van der Waals surface area contributed by atoms with Gasteiger partial charge in [-0.2, -0.15) is 5.10 Å². The van der Waals surface area contributed by atoms with Crippen LogP contribution in [0.3, 0.4) is 0 Å². The Morgan fingerprint density at radius 3 is 2.42 bits per heavy atom. The van der Waals surface area contributed by atoms with Crippen LogP contribution in [0.5, 0.6) is 0 Å². The van der Waals surface area contributed by atoms with Crippen molar-refractivity contribution in [2.24, 2.45) is 7.05 Å². The number of carbonyl (C=O) groups is 1. The van der Waals surface area contributed by atoms with E-state index in [0.29, 0.717) is 24.6 Å². The fourth-order valence-electron chi connectivity index (χ4n) is 3.82. The average Bonchev–Trinajstić information content (AvgIpc) is 3.27. The third-order valence-corrected chi connectivity index (χ3v) is 5.58. The number of nitrogens with zero attached hydrogens (tertiary/aromatic N) is 5. The maximum Gasteiger partial charge on any atom is 0.273 e. The van der Waals surface area contributed by atoms with Crippen molar-refractivity contribution in [3.05, 3.63) is 78.5 Å². The van der Waals surface area contributed by atoms with E-state index in [-0.39, 0.29) is 5.91 Å². The fourth-order valence-corrected chi connectivity index (χ4v) is 3.82. The number of hydrogen-bond acceptors (Lipinski definition) is 6. The maximum atomic E-state index is 12.9. The van der Waals surface area contributed by atoms with E-state index in [2.05, 4.69) is 25.5 Å². The molecule has 0 bridgehead atoms. The zero-order valence-electron chi connectivity index (χ0n) is 18.3. The largest absolute Gasteiger partial charge is 0.378 e. The smallest absolute Gasteiger partial charge is 0.273 e. The molecule has 0 aliphatic carbocycles. The molecule has 0 spiro atoms. The number of ether oxygens (including phenoxy) is 1. The predicted octanol–water partition coefficient (Wildman–Crippen LogP) is 3.63. The van der Waals surface area contributed by atoms with Gasteiger partial charge in [0.05, 0.1) is 24.6 Å². The maximum absolute atomic E-state index is 12.9. The molecule has 1 amide bonds. The average molecular weight is 441 g/mol.